The van der Waals surface area contributed by atoms with Crippen molar-refractivity contribution < 1.29 is 4.79 Å². The van der Waals surface area contributed by atoms with Gasteiger partial charge in [-0.2, -0.15) is 0 Å². The van der Waals surface area contributed by atoms with Crippen molar-refractivity contribution in [1.82, 2.24) is 10.3 Å². The number of hydrogen-bond donors (Lipinski definition) is 2. The van der Waals surface area contributed by atoms with Crippen LogP contribution in [0.25, 0.3) is 10.9 Å². The molecule has 0 aliphatic carbocycles. The minimum absolute atomic E-state index is 0.127. The number of para-hydroxylation sites is 1. The molecule has 3 heteroatoms. The highest BCUT2D eigenvalue weighted by Crippen LogP contribution is 2.27. The first-order valence-electron chi connectivity index (χ1n) is 9.17. The zero-order valence-electron chi connectivity index (χ0n) is 15.0. The Morgan fingerprint density at radius 1 is 1.08 bits per heavy atom. The van der Waals surface area contributed by atoms with Gasteiger partial charge in [0.25, 0.3) is 0 Å². The molecule has 0 aliphatic rings. The highest BCUT2D eigenvalue weighted by atomic mass is 16.1. The van der Waals surface area contributed by atoms with Crippen LogP contribution in [0.5, 0.6) is 0 Å². The monoisotopic (exact) mass is 334 g/mol. The number of H-pyrrole nitrogens is 1. The second kappa shape index (κ2) is 8.13. The van der Waals surface area contributed by atoms with Crippen LogP contribution in [0.15, 0.2) is 54.7 Å². The Labute approximate surface area is 149 Å². The summed E-state index contributed by atoms with van der Waals surface area (Å²) in [6, 6.07) is 15.9. The number of rotatable bonds is 8. The number of aryl methyl sites for hydroxylation is 1. The van der Waals surface area contributed by atoms with E-state index in [4.69, 9.17) is 0 Å². The van der Waals surface area contributed by atoms with Gasteiger partial charge in [-0.1, -0.05) is 68.8 Å². The summed E-state index contributed by atoms with van der Waals surface area (Å²) in [6.45, 7) is 5.13. The van der Waals surface area contributed by atoms with Crippen LogP contribution < -0.4 is 5.32 Å². The van der Waals surface area contributed by atoms with E-state index >= 15 is 0 Å². The summed E-state index contributed by atoms with van der Waals surface area (Å²) >= 11 is 0. The largest absolute Gasteiger partial charge is 0.360 e. The number of ketones is 1. The highest BCUT2D eigenvalue weighted by Gasteiger charge is 2.24. The molecule has 1 atom stereocenters. The summed E-state index contributed by atoms with van der Waals surface area (Å²) in [5, 5.41) is 4.47. The van der Waals surface area contributed by atoms with Crippen LogP contribution in [0.4, 0.5) is 0 Å². The maximum Gasteiger partial charge on any atom is 0.186 e. The van der Waals surface area contributed by atoms with Crippen molar-refractivity contribution in [1.29, 1.82) is 0 Å². The Bertz CT molecular complexity index is 836. The van der Waals surface area contributed by atoms with Crippen molar-refractivity contribution in [2.24, 2.45) is 0 Å². The zero-order chi connectivity index (χ0) is 17.6. The van der Waals surface area contributed by atoms with Crippen molar-refractivity contribution in [2.45, 2.75) is 39.2 Å². The van der Waals surface area contributed by atoms with Crippen molar-refractivity contribution in [2.75, 3.05) is 6.54 Å². The third-order valence-electron chi connectivity index (χ3n) is 4.72. The van der Waals surface area contributed by atoms with Crippen LogP contribution >= 0.6 is 0 Å². The number of fused-ring (bicyclic) bond motifs is 1. The van der Waals surface area contributed by atoms with E-state index in [1.807, 2.05) is 48.7 Å². The summed E-state index contributed by atoms with van der Waals surface area (Å²) in [4.78, 5) is 16.6. The van der Waals surface area contributed by atoms with E-state index in [2.05, 4.69) is 30.2 Å². The maximum atomic E-state index is 13.3. The standard InChI is InChI=1S/C22H26N2O/c1-3-5-14-23-21(17-10-7-6-8-11-17)22(25)19-15-24-20-16(4-2)12-9-13-18(19)20/h6-13,15,21,23-24H,3-5,14H2,1-2H3/t21-/m0/s1. The molecule has 0 spiro atoms. The minimum Gasteiger partial charge on any atom is -0.360 e. The van der Waals surface area contributed by atoms with E-state index in [-0.39, 0.29) is 11.8 Å². The summed E-state index contributed by atoms with van der Waals surface area (Å²) in [6.07, 6.45) is 4.98. The predicted octanol–water partition coefficient (Wildman–Crippen LogP) is 5.04. The molecule has 1 aromatic heterocycles. The first kappa shape index (κ1) is 17.4. The smallest absolute Gasteiger partial charge is 0.186 e. The van der Waals surface area contributed by atoms with Gasteiger partial charge in [0.05, 0.1) is 6.04 Å². The van der Waals surface area contributed by atoms with Crippen LogP contribution in [0.2, 0.25) is 0 Å². The number of aromatic nitrogens is 1. The number of unbranched alkanes of at least 4 members (excludes halogenated alkanes) is 1. The molecule has 0 radical (unpaired) electrons. The van der Waals surface area contributed by atoms with Crippen molar-refractivity contribution in [3.05, 3.63) is 71.4 Å². The highest BCUT2D eigenvalue weighted by molar-refractivity contribution is 6.11. The predicted molar refractivity (Wildman–Crippen MR) is 104 cm³/mol. The van der Waals surface area contributed by atoms with Crippen molar-refractivity contribution in [3.63, 3.8) is 0 Å². The summed E-state index contributed by atoms with van der Waals surface area (Å²) in [5.74, 6) is 0.127. The molecule has 0 aliphatic heterocycles. The number of hydrogen-bond acceptors (Lipinski definition) is 2. The van der Waals surface area contributed by atoms with Crippen LogP contribution in [0, 0.1) is 0 Å². The number of carbonyl (C=O) groups is 1. The molecule has 3 nitrogen and oxygen atoms in total. The van der Waals surface area contributed by atoms with Crippen molar-refractivity contribution >= 4 is 16.7 Å². The Balaban J connectivity index is 1.97. The van der Waals surface area contributed by atoms with Gasteiger partial charge in [0.15, 0.2) is 5.78 Å². The molecule has 3 rings (SSSR count). The molecular formula is C22H26N2O. The molecule has 2 aromatic carbocycles. The molecule has 0 bridgehead atoms. The zero-order valence-corrected chi connectivity index (χ0v) is 15.0. The number of carbonyl (C=O) groups excluding carboxylic acids is 1. The van der Waals surface area contributed by atoms with Crippen LogP contribution in [0.3, 0.4) is 0 Å². The first-order chi connectivity index (χ1) is 12.3. The van der Waals surface area contributed by atoms with Crippen molar-refractivity contribution in [3.8, 4) is 0 Å². The molecule has 0 saturated heterocycles. The van der Waals surface area contributed by atoms with Gasteiger partial charge in [-0.15, -0.1) is 0 Å². The Hall–Kier alpha value is -2.39. The molecule has 0 fully saturated rings. The van der Waals surface area contributed by atoms with Crippen LogP contribution in [-0.4, -0.2) is 17.3 Å². The summed E-state index contributed by atoms with van der Waals surface area (Å²) in [5.41, 5.74) is 4.10. The molecular weight excluding hydrogens is 308 g/mol. The lowest BCUT2D eigenvalue weighted by molar-refractivity contribution is 0.0944. The lowest BCUT2D eigenvalue weighted by Gasteiger charge is -2.18. The molecule has 0 saturated carbocycles. The second-order valence-corrected chi connectivity index (χ2v) is 6.41. The quantitative estimate of drug-likeness (QED) is 0.447. The van der Waals surface area contributed by atoms with E-state index in [9.17, 15) is 4.79 Å². The Kier molecular flexibility index (Phi) is 5.67. The number of aromatic amines is 1. The fourth-order valence-corrected chi connectivity index (χ4v) is 3.30. The summed E-state index contributed by atoms with van der Waals surface area (Å²) < 4.78 is 0. The van der Waals surface area contributed by atoms with E-state index < -0.39 is 0 Å². The average Bonchev–Trinajstić information content (AvgIpc) is 3.09. The lowest BCUT2D eigenvalue weighted by Crippen LogP contribution is -2.29. The fraction of sp³-hybridized carbons (Fsp3) is 0.318. The van der Waals surface area contributed by atoms with Gasteiger partial charge in [0, 0.05) is 22.7 Å². The van der Waals surface area contributed by atoms with E-state index in [1.165, 1.54) is 5.56 Å². The molecule has 2 N–H and O–H groups in total. The minimum atomic E-state index is -0.308. The Morgan fingerprint density at radius 3 is 2.60 bits per heavy atom. The van der Waals surface area contributed by atoms with Gasteiger partial charge >= 0.3 is 0 Å². The first-order valence-corrected chi connectivity index (χ1v) is 9.17. The van der Waals surface area contributed by atoms with Gasteiger partial charge in [-0.05, 0) is 30.5 Å². The molecule has 130 valence electrons. The fourth-order valence-electron chi connectivity index (χ4n) is 3.30. The SMILES string of the molecule is CCCCN[C@H](C(=O)c1c[nH]c2c(CC)cccc12)c1ccccc1. The molecule has 1 heterocycles. The number of nitrogens with one attached hydrogen (secondary N) is 2. The van der Waals surface area contributed by atoms with E-state index in [1.54, 1.807) is 0 Å². The van der Waals surface area contributed by atoms with Crippen LogP contribution in [0.1, 0.15) is 54.2 Å². The summed E-state index contributed by atoms with van der Waals surface area (Å²) in [7, 11) is 0. The maximum absolute atomic E-state index is 13.3. The average molecular weight is 334 g/mol. The molecule has 3 aromatic rings. The van der Waals surface area contributed by atoms with Gasteiger partial charge in [-0.3, -0.25) is 4.79 Å². The second-order valence-electron chi connectivity index (χ2n) is 6.41. The third-order valence-corrected chi connectivity index (χ3v) is 4.72. The Morgan fingerprint density at radius 2 is 1.88 bits per heavy atom. The van der Waals surface area contributed by atoms with Gasteiger partial charge < -0.3 is 10.3 Å². The number of benzene rings is 2. The van der Waals surface area contributed by atoms with Gasteiger partial charge in [-0.25, -0.2) is 0 Å². The molecule has 0 amide bonds. The topological polar surface area (TPSA) is 44.9 Å². The normalized spacial score (nSPS) is 12.4. The molecule has 25 heavy (non-hydrogen) atoms. The van der Waals surface area contributed by atoms with Gasteiger partial charge in [0.1, 0.15) is 0 Å². The van der Waals surface area contributed by atoms with Gasteiger partial charge in [0.2, 0.25) is 0 Å². The molecule has 0 unspecified atom stereocenters. The van der Waals surface area contributed by atoms with Crippen LogP contribution in [-0.2, 0) is 6.42 Å². The number of Topliss-reactive ketones (excluding diaryl/α,β-unsaturated/α-hetero) is 1. The lowest BCUT2D eigenvalue weighted by atomic mass is 9.96. The van der Waals surface area contributed by atoms with E-state index in [0.717, 1.165) is 47.8 Å². The third kappa shape index (κ3) is 3.67. The van der Waals surface area contributed by atoms with E-state index in [0.29, 0.717) is 0 Å².